The molecule has 0 aromatic heterocycles. The number of hydrogen-bond donors (Lipinski definition) is 2. The van der Waals surface area contributed by atoms with Crippen molar-refractivity contribution in [1.82, 2.24) is 10.3 Å². The summed E-state index contributed by atoms with van der Waals surface area (Å²) in [5.41, 5.74) is -0.339. The fraction of sp³-hybridized carbons (Fsp3) is 0.211. The number of carbonyl (C=O) groups is 2. The van der Waals surface area contributed by atoms with Crippen LogP contribution in [0.5, 0.6) is 17.2 Å². The van der Waals surface area contributed by atoms with Crippen molar-refractivity contribution in [3.63, 3.8) is 0 Å². The van der Waals surface area contributed by atoms with Crippen LogP contribution in [0.4, 0.5) is 4.79 Å². The van der Waals surface area contributed by atoms with Crippen LogP contribution in [0, 0.1) is 0 Å². The van der Waals surface area contributed by atoms with Gasteiger partial charge in [0.15, 0.2) is 0 Å². The fourth-order valence-electron chi connectivity index (χ4n) is 2.73. The average molecular weight is 369 g/mol. The van der Waals surface area contributed by atoms with Gasteiger partial charge in [-0.2, -0.15) is 5.10 Å². The normalized spacial score (nSPS) is 19.4. The van der Waals surface area contributed by atoms with Crippen LogP contribution in [0.3, 0.4) is 0 Å². The number of imide groups is 1. The van der Waals surface area contributed by atoms with Crippen molar-refractivity contribution >= 4 is 18.2 Å². The monoisotopic (exact) mass is 369 g/mol. The van der Waals surface area contributed by atoms with Crippen LogP contribution in [0.15, 0.2) is 47.6 Å². The van der Waals surface area contributed by atoms with Crippen LogP contribution in [-0.4, -0.2) is 42.5 Å². The number of amides is 3. The molecule has 2 aromatic rings. The predicted octanol–water partition coefficient (Wildman–Crippen LogP) is 2.21. The van der Waals surface area contributed by atoms with Gasteiger partial charge in [-0.25, -0.2) is 4.79 Å². The van der Waals surface area contributed by atoms with E-state index >= 15 is 0 Å². The van der Waals surface area contributed by atoms with Crippen molar-refractivity contribution < 1.29 is 24.2 Å². The number of hydrazone groups is 1. The molecule has 0 bridgehead atoms. The van der Waals surface area contributed by atoms with Gasteiger partial charge >= 0.3 is 6.03 Å². The quantitative estimate of drug-likeness (QED) is 0.622. The smallest absolute Gasteiger partial charge is 0.346 e. The number of phenols is 1. The van der Waals surface area contributed by atoms with Crippen LogP contribution in [-0.2, 0) is 10.3 Å². The van der Waals surface area contributed by atoms with Crippen LogP contribution < -0.4 is 14.8 Å². The Kier molecular flexibility index (Phi) is 4.72. The molecule has 1 atom stereocenters. The van der Waals surface area contributed by atoms with Crippen LogP contribution in [0.2, 0.25) is 0 Å². The molecular weight excluding hydrogens is 350 g/mol. The lowest BCUT2D eigenvalue weighted by Crippen LogP contribution is -2.40. The van der Waals surface area contributed by atoms with E-state index in [1.807, 2.05) is 0 Å². The lowest BCUT2D eigenvalue weighted by molar-refractivity contribution is -0.131. The molecular formula is C19H19N3O5. The number of phenolic OH excluding ortho intramolecular Hbond substituents is 1. The van der Waals surface area contributed by atoms with Gasteiger partial charge in [-0.3, -0.25) is 4.79 Å². The first kappa shape index (κ1) is 18.2. The highest BCUT2D eigenvalue weighted by atomic mass is 16.5. The third kappa shape index (κ3) is 3.29. The first-order valence-electron chi connectivity index (χ1n) is 8.11. The van der Waals surface area contributed by atoms with Gasteiger partial charge in [0.05, 0.1) is 20.4 Å². The number of nitrogens with zero attached hydrogens (tertiary/aromatic N) is 2. The number of hydrogen-bond acceptors (Lipinski definition) is 6. The second kappa shape index (κ2) is 6.99. The summed E-state index contributed by atoms with van der Waals surface area (Å²) in [6.07, 6.45) is 1.23. The molecule has 3 rings (SSSR count). The summed E-state index contributed by atoms with van der Waals surface area (Å²) in [5.74, 6) is 0.567. The lowest BCUT2D eigenvalue weighted by atomic mass is 9.92. The first-order chi connectivity index (χ1) is 12.9. The molecule has 1 aliphatic rings. The Morgan fingerprint density at radius 2 is 1.70 bits per heavy atom. The lowest BCUT2D eigenvalue weighted by Gasteiger charge is -2.21. The van der Waals surface area contributed by atoms with Crippen LogP contribution in [0.1, 0.15) is 18.1 Å². The molecule has 8 nitrogen and oxygen atoms in total. The second-order valence-electron chi connectivity index (χ2n) is 6.07. The topological polar surface area (TPSA) is 100 Å². The van der Waals surface area contributed by atoms with Crippen molar-refractivity contribution in [3.05, 3.63) is 53.6 Å². The van der Waals surface area contributed by atoms with Crippen LogP contribution >= 0.6 is 0 Å². The van der Waals surface area contributed by atoms with E-state index in [0.29, 0.717) is 22.6 Å². The maximum absolute atomic E-state index is 12.8. The molecule has 27 heavy (non-hydrogen) atoms. The third-order valence-corrected chi connectivity index (χ3v) is 4.38. The number of nitrogens with one attached hydrogen (secondary N) is 1. The average Bonchev–Trinajstić information content (AvgIpc) is 2.90. The molecule has 1 fully saturated rings. The molecule has 0 unspecified atom stereocenters. The number of aromatic hydroxyl groups is 1. The highest BCUT2D eigenvalue weighted by Crippen LogP contribution is 2.30. The molecule has 0 radical (unpaired) electrons. The summed E-state index contributed by atoms with van der Waals surface area (Å²) in [6, 6.07) is 10.7. The largest absolute Gasteiger partial charge is 0.507 e. The molecule has 2 aromatic carbocycles. The van der Waals surface area contributed by atoms with Gasteiger partial charge in [-0.1, -0.05) is 12.1 Å². The summed E-state index contributed by atoms with van der Waals surface area (Å²) in [5, 5.41) is 17.2. The second-order valence-corrected chi connectivity index (χ2v) is 6.07. The van der Waals surface area contributed by atoms with Crippen LogP contribution in [0.25, 0.3) is 0 Å². The van der Waals surface area contributed by atoms with E-state index < -0.39 is 17.5 Å². The van der Waals surface area contributed by atoms with Gasteiger partial charge in [0.1, 0.15) is 22.8 Å². The molecule has 1 saturated heterocycles. The van der Waals surface area contributed by atoms with E-state index in [2.05, 4.69) is 10.4 Å². The maximum Gasteiger partial charge on any atom is 0.346 e. The van der Waals surface area contributed by atoms with Gasteiger partial charge in [0.2, 0.25) is 0 Å². The Hall–Kier alpha value is -3.55. The Morgan fingerprint density at radius 1 is 1.07 bits per heavy atom. The highest BCUT2D eigenvalue weighted by Gasteiger charge is 2.49. The summed E-state index contributed by atoms with van der Waals surface area (Å²) in [4.78, 5) is 25.1. The zero-order valence-electron chi connectivity index (χ0n) is 15.1. The van der Waals surface area contributed by atoms with Crippen molar-refractivity contribution in [2.75, 3.05) is 14.2 Å². The number of methoxy groups -OCH3 is 2. The molecule has 8 heteroatoms. The van der Waals surface area contributed by atoms with Gasteiger partial charge in [0.25, 0.3) is 5.91 Å². The van der Waals surface area contributed by atoms with E-state index in [1.54, 1.807) is 50.4 Å². The van der Waals surface area contributed by atoms with E-state index in [-0.39, 0.29) is 5.75 Å². The van der Waals surface area contributed by atoms with E-state index in [9.17, 15) is 14.7 Å². The fourth-order valence-corrected chi connectivity index (χ4v) is 2.73. The summed E-state index contributed by atoms with van der Waals surface area (Å²) < 4.78 is 10.2. The zero-order valence-corrected chi connectivity index (χ0v) is 15.1. The SMILES string of the molecule is COc1ccc([C@@]2(C)NC(=O)N(/N=C/c3cc(OC)ccc3O)C2=O)cc1. The van der Waals surface area contributed by atoms with E-state index in [4.69, 9.17) is 9.47 Å². The Labute approximate surface area is 156 Å². The standard InChI is InChI=1S/C19H19N3O5/c1-19(13-4-6-14(26-2)7-5-13)17(24)22(18(25)21-19)20-11-12-10-15(27-3)8-9-16(12)23/h4-11,23H,1-3H3,(H,21,25)/b20-11+/t19-/m1/s1. The van der Waals surface area contributed by atoms with Gasteiger partial charge < -0.3 is 19.9 Å². The van der Waals surface area contributed by atoms with Gasteiger partial charge in [-0.05, 0) is 42.8 Å². The molecule has 1 aliphatic heterocycles. The predicted molar refractivity (Wildman–Crippen MR) is 98.0 cm³/mol. The van der Waals surface area contributed by atoms with E-state index in [1.165, 1.54) is 19.4 Å². The zero-order chi connectivity index (χ0) is 19.6. The third-order valence-electron chi connectivity index (χ3n) is 4.38. The Bertz CT molecular complexity index is 910. The van der Waals surface area contributed by atoms with Gasteiger partial charge in [0, 0.05) is 5.56 Å². The highest BCUT2D eigenvalue weighted by molar-refractivity contribution is 6.07. The molecule has 140 valence electrons. The minimum atomic E-state index is -1.25. The molecule has 0 saturated carbocycles. The van der Waals surface area contributed by atoms with Crippen molar-refractivity contribution in [3.8, 4) is 17.2 Å². The number of ether oxygens (including phenoxy) is 2. The van der Waals surface area contributed by atoms with Crippen molar-refractivity contribution in [2.24, 2.45) is 5.10 Å². The van der Waals surface area contributed by atoms with Gasteiger partial charge in [-0.15, -0.1) is 5.01 Å². The number of benzene rings is 2. The molecule has 3 amide bonds. The number of urea groups is 1. The summed E-state index contributed by atoms with van der Waals surface area (Å²) in [7, 11) is 3.04. The maximum atomic E-state index is 12.8. The number of rotatable bonds is 5. The van der Waals surface area contributed by atoms with E-state index in [0.717, 1.165) is 5.01 Å². The molecule has 0 aliphatic carbocycles. The Morgan fingerprint density at radius 3 is 2.33 bits per heavy atom. The number of carbonyl (C=O) groups excluding carboxylic acids is 2. The van der Waals surface area contributed by atoms with Crippen molar-refractivity contribution in [2.45, 2.75) is 12.5 Å². The first-order valence-corrected chi connectivity index (χ1v) is 8.11. The minimum Gasteiger partial charge on any atom is -0.507 e. The summed E-state index contributed by atoms with van der Waals surface area (Å²) >= 11 is 0. The van der Waals surface area contributed by atoms with Crippen molar-refractivity contribution in [1.29, 1.82) is 0 Å². The molecule has 2 N–H and O–H groups in total. The minimum absolute atomic E-state index is 0.0514. The summed E-state index contributed by atoms with van der Waals surface area (Å²) in [6.45, 7) is 1.60. The molecule has 1 heterocycles. The Balaban J connectivity index is 1.87. The molecule has 0 spiro atoms.